The Kier molecular flexibility index (Phi) is 10.9. The van der Waals surface area contributed by atoms with E-state index in [-0.39, 0.29) is 4.90 Å². The molecule has 2 aromatic carbocycles. The summed E-state index contributed by atoms with van der Waals surface area (Å²) in [6, 6.07) is 9.34. The van der Waals surface area contributed by atoms with Crippen LogP contribution in [0.3, 0.4) is 0 Å². The van der Waals surface area contributed by atoms with Crippen molar-refractivity contribution < 1.29 is 13.0 Å². The smallest absolute Gasteiger partial charge is 0.282 e. The molecule has 0 aliphatic carbocycles. The zero-order valence-corrected chi connectivity index (χ0v) is 19.8. The lowest BCUT2D eigenvalue weighted by Crippen LogP contribution is -2.02. The predicted octanol–water partition coefficient (Wildman–Crippen LogP) is 7.89. The zero-order valence-electron chi connectivity index (χ0n) is 19.0. The van der Waals surface area contributed by atoms with Crippen LogP contribution in [0.1, 0.15) is 102 Å². The Hall–Kier alpha value is -1.39. The first kappa shape index (κ1) is 24.9. The first-order valence-corrected chi connectivity index (χ1v) is 13.4. The Morgan fingerprint density at radius 2 is 1.20 bits per heavy atom. The summed E-state index contributed by atoms with van der Waals surface area (Å²) in [5.41, 5.74) is 2.60. The molecular formula is C26H40O3S. The van der Waals surface area contributed by atoms with Gasteiger partial charge in [0.1, 0.15) is 4.90 Å². The second kappa shape index (κ2) is 13.1. The van der Waals surface area contributed by atoms with Crippen molar-refractivity contribution in [2.75, 3.05) is 0 Å². The highest BCUT2D eigenvalue weighted by Gasteiger charge is 2.15. The number of hydrogen-bond acceptors (Lipinski definition) is 2. The molecule has 0 fully saturated rings. The minimum Gasteiger partial charge on any atom is -0.282 e. The van der Waals surface area contributed by atoms with Gasteiger partial charge in [-0.25, -0.2) is 0 Å². The van der Waals surface area contributed by atoms with Crippen molar-refractivity contribution in [1.82, 2.24) is 0 Å². The van der Waals surface area contributed by atoms with E-state index in [0.717, 1.165) is 24.6 Å². The van der Waals surface area contributed by atoms with E-state index in [0.29, 0.717) is 5.39 Å². The molecule has 4 heteroatoms. The highest BCUT2D eigenvalue weighted by atomic mass is 32.2. The molecular weight excluding hydrogens is 392 g/mol. The largest absolute Gasteiger partial charge is 0.295 e. The van der Waals surface area contributed by atoms with Crippen LogP contribution in [0, 0.1) is 0 Å². The summed E-state index contributed by atoms with van der Waals surface area (Å²) in [4.78, 5) is 0.0234. The average Bonchev–Trinajstić information content (AvgIpc) is 2.72. The summed E-state index contributed by atoms with van der Waals surface area (Å²) in [5, 5.41) is 1.55. The molecule has 3 nitrogen and oxygen atoms in total. The van der Waals surface area contributed by atoms with Crippen molar-refractivity contribution in [3.05, 3.63) is 41.5 Å². The fourth-order valence-electron chi connectivity index (χ4n) is 4.27. The third kappa shape index (κ3) is 8.03. The van der Waals surface area contributed by atoms with Gasteiger partial charge in [0.25, 0.3) is 10.1 Å². The van der Waals surface area contributed by atoms with E-state index in [4.69, 9.17) is 0 Å². The van der Waals surface area contributed by atoms with Crippen LogP contribution in [-0.2, 0) is 23.0 Å². The fraction of sp³-hybridized carbons (Fsp3) is 0.615. The van der Waals surface area contributed by atoms with Crippen LogP contribution in [0.25, 0.3) is 10.8 Å². The van der Waals surface area contributed by atoms with Gasteiger partial charge >= 0.3 is 0 Å². The number of benzene rings is 2. The van der Waals surface area contributed by atoms with Crippen LogP contribution in [0.2, 0.25) is 0 Å². The molecule has 0 saturated heterocycles. The Balaban J connectivity index is 2.16. The van der Waals surface area contributed by atoms with Crippen molar-refractivity contribution in [3.63, 3.8) is 0 Å². The number of hydrogen-bond donors (Lipinski definition) is 1. The summed E-state index contributed by atoms with van der Waals surface area (Å²) < 4.78 is 33.4. The van der Waals surface area contributed by atoms with Gasteiger partial charge in [0.05, 0.1) is 0 Å². The number of aryl methyl sites for hydroxylation is 2. The highest BCUT2D eigenvalue weighted by Crippen LogP contribution is 2.28. The van der Waals surface area contributed by atoms with Crippen molar-refractivity contribution >= 4 is 20.9 Å². The minimum absolute atomic E-state index is 0.0234. The Labute approximate surface area is 184 Å². The van der Waals surface area contributed by atoms with Crippen molar-refractivity contribution in [2.45, 2.75) is 109 Å². The minimum atomic E-state index is -4.22. The molecule has 168 valence electrons. The summed E-state index contributed by atoms with van der Waals surface area (Å²) in [6.45, 7) is 4.47. The maximum atomic E-state index is 11.9. The van der Waals surface area contributed by atoms with Crippen LogP contribution >= 0.6 is 0 Å². The van der Waals surface area contributed by atoms with Crippen LogP contribution < -0.4 is 0 Å². The van der Waals surface area contributed by atoms with Gasteiger partial charge in [0.15, 0.2) is 0 Å². The molecule has 0 saturated carbocycles. The topological polar surface area (TPSA) is 54.4 Å². The molecule has 0 radical (unpaired) electrons. The lowest BCUT2D eigenvalue weighted by Gasteiger charge is -2.14. The van der Waals surface area contributed by atoms with E-state index in [2.05, 4.69) is 19.9 Å². The molecule has 2 rings (SSSR count). The third-order valence-electron chi connectivity index (χ3n) is 6.04. The number of fused-ring (bicyclic) bond motifs is 1. The summed E-state index contributed by atoms with van der Waals surface area (Å²) >= 11 is 0. The Morgan fingerprint density at radius 1 is 0.700 bits per heavy atom. The zero-order chi connectivity index (χ0) is 21.8. The van der Waals surface area contributed by atoms with Gasteiger partial charge in [-0.1, -0.05) is 96.3 Å². The lowest BCUT2D eigenvalue weighted by molar-refractivity contribution is 0.484. The molecule has 2 aromatic rings. The molecule has 0 amide bonds. The van der Waals surface area contributed by atoms with Gasteiger partial charge in [0.2, 0.25) is 0 Å². The van der Waals surface area contributed by atoms with Crippen LogP contribution in [-0.4, -0.2) is 13.0 Å². The summed E-state index contributed by atoms with van der Waals surface area (Å²) in [6.07, 6.45) is 17.1. The number of unbranched alkanes of at least 4 members (excludes halogenated alkanes) is 10. The summed E-state index contributed by atoms with van der Waals surface area (Å²) in [5.74, 6) is 0. The van der Waals surface area contributed by atoms with Gasteiger partial charge in [-0.15, -0.1) is 0 Å². The van der Waals surface area contributed by atoms with E-state index in [1.54, 1.807) is 6.07 Å². The molecule has 0 aromatic heterocycles. The van der Waals surface area contributed by atoms with Crippen LogP contribution in [0.5, 0.6) is 0 Å². The van der Waals surface area contributed by atoms with Gasteiger partial charge in [-0.2, -0.15) is 8.42 Å². The molecule has 0 unspecified atom stereocenters. The van der Waals surface area contributed by atoms with Crippen LogP contribution in [0.15, 0.2) is 35.2 Å². The molecule has 30 heavy (non-hydrogen) atoms. The van der Waals surface area contributed by atoms with E-state index < -0.39 is 10.1 Å². The molecule has 0 atom stereocenters. The van der Waals surface area contributed by atoms with Gasteiger partial charge in [-0.05, 0) is 54.3 Å². The number of rotatable bonds is 15. The quantitative estimate of drug-likeness (QED) is 0.230. The normalized spacial score (nSPS) is 12.0. The first-order chi connectivity index (χ1) is 14.5. The molecule has 0 spiro atoms. The van der Waals surface area contributed by atoms with Gasteiger partial charge in [0, 0.05) is 5.39 Å². The van der Waals surface area contributed by atoms with Crippen molar-refractivity contribution in [3.8, 4) is 0 Å². The molecule has 0 bridgehead atoms. The second-order valence-electron chi connectivity index (χ2n) is 8.61. The van der Waals surface area contributed by atoms with E-state index in [1.807, 2.05) is 12.1 Å². The molecule has 0 aliphatic rings. The fourth-order valence-corrected chi connectivity index (χ4v) is 4.98. The maximum Gasteiger partial charge on any atom is 0.295 e. The predicted molar refractivity (Wildman–Crippen MR) is 128 cm³/mol. The van der Waals surface area contributed by atoms with Crippen molar-refractivity contribution in [1.29, 1.82) is 0 Å². The maximum absolute atomic E-state index is 11.9. The van der Waals surface area contributed by atoms with E-state index >= 15 is 0 Å². The monoisotopic (exact) mass is 432 g/mol. The van der Waals surface area contributed by atoms with Crippen molar-refractivity contribution in [2.24, 2.45) is 0 Å². The first-order valence-electron chi connectivity index (χ1n) is 12.0. The Morgan fingerprint density at radius 3 is 1.73 bits per heavy atom. The third-order valence-corrected chi connectivity index (χ3v) is 6.95. The second-order valence-corrected chi connectivity index (χ2v) is 10.00. The molecule has 0 aliphatic heterocycles. The van der Waals surface area contributed by atoms with Gasteiger partial charge < -0.3 is 0 Å². The SMILES string of the molecule is CCCCCCCCc1cc2cccc(S(=O)(=O)O)c2cc1CCCCCCCC. The van der Waals surface area contributed by atoms with E-state index in [9.17, 15) is 13.0 Å². The highest BCUT2D eigenvalue weighted by molar-refractivity contribution is 7.86. The average molecular weight is 433 g/mol. The van der Waals surface area contributed by atoms with E-state index in [1.165, 1.54) is 87.8 Å². The van der Waals surface area contributed by atoms with Crippen LogP contribution in [0.4, 0.5) is 0 Å². The standard InChI is InChI=1S/C26H40O3S/c1-3-5-7-9-11-13-16-22-20-24-18-15-19-26(30(27,28)29)25(24)21-23(22)17-14-12-10-8-6-4-2/h15,18-21H,3-14,16-17H2,1-2H3,(H,27,28,29). The summed E-state index contributed by atoms with van der Waals surface area (Å²) in [7, 11) is -4.22. The lowest BCUT2D eigenvalue weighted by atomic mass is 9.93. The Bertz CT molecular complexity index is 871. The molecule has 1 N–H and O–H groups in total. The van der Waals surface area contributed by atoms with Gasteiger partial charge in [-0.3, -0.25) is 4.55 Å². The molecule has 0 heterocycles.